The zero-order valence-corrected chi connectivity index (χ0v) is 13.0. The average molecular weight is 290 g/mol. The van der Waals surface area contributed by atoms with Crippen molar-refractivity contribution >= 4 is 5.91 Å². The molecule has 1 aliphatic heterocycles. The average Bonchev–Trinajstić information content (AvgIpc) is 2.50. The van der Waals surface area contributed by atoms with Gasteiger partial charge in [-0.2, -0.15) is 0 Å². The minimum atomic E-state index is -0.425. The van der Waals surface area contributed by atoms with Gasteiger partial charge in [0.25, 0.3) is 0 Å². The molecule has 1 unspecified atom stereocenters. The van der Waals surface area contributed by atoms with Crippen LogP contribution in [0.5, 0.6) is 0 Å². The van der Waals surface area contributed by atoms with Gasteiger partial charge in [0.2, 0.25) is 5.91 Å². The second kappa shape index (κ2) is 7.57. The first-order valence-electron chi connectivity index (χ1n) is 7.71. The van der Waals surface area contributed by atoms with Crippen LogP contribution in [0.15, 0.2) is 30.3 Å². The third-order valence-electron chi connectivity index (χ3n) is 4.28. The molecule has 4 heteroatoms. The number of aliphatic hydroxyl groups excluding tert-OH is 1. The van der Waals surface area contributed by atoms with Crippen LogP contribution < -0.4 is 0 Å². The normalized spacial score (nSPS) is 18.4. The highest BCUT2D eigenvalue weighted by Gasteiger charge is 2.23. The molecule has 1 aromatic rings. The molecule has 0 aromatic heterocycles. The van der Waals surface area contributed by atoms with Gasteiger partial charge in [-0.25, -0.2) is 0 Å². The number of carbonyl (C=O) groups is 1. The molecule has 1 heterocycles. The molecule has 116 valence electrons. The largest absolute Gasteiger partial charge is 0.387 e. The highest BCUT2D eigenvalue weighted by atomic mass is 16.3. The number of likely N-dealkylation sites (tertiary alicyclic amines) is 1. The van der Waals surface area contributed by atoms with Gasteiger partial charge < -0.3 is 14.9 Å². The quantitative estimate of drug-likeness (QED) is 0.901. The number of rotatable bonds is 5. The highest BCUT2D eigenvalue weighted by Crippen LogP contribution is 2.23. The van der Waals surface area contributed by atoms with Crippen molar-refractivity contribution in [2.45, 2.75) is 25.4 Å². The van der Waals surface area contributed by atoms with E-state index in [1.165, 1.54) is 0 Å². The first kappa shape index (κ1) is 16.0. The minimum Gasteiger partial charge on any atom is -0.387 e. The van der Waals surface area contributed by atoms with Gasteiger partial charge in [-0.3, -0.25) is 4.79 Å². The molecule has 2 rings (SSSR count). The molecular formula is C17H26N2O2. The second-order valence-electron chi connectivity index (χ2n) is 6.16. The summed E-state index contributed by atoms with van der Waals surface area (Å²) in [5.41, 5.74) is 0.974. The smallest absolute Gasteiger partial charge is 0.222 e. The molecule has 0 spiro atoms. The van der Waals surface area contributed by atoms with Crippen LogP contribution in [0.25, 0.3) is 0 Å². The minimum absolute atomic E-state index is 0.220. The van der Waals surface area contributed by atoms with Crippen LogP contribution >= 0.6 is 0 Å². The van der Waals surface area contributed by atoms with Gasteiger partial charge in [0.15, 0.2) is 0 Å². The van der Waals surface area contributed by atoms with E-state index in [0.717, 1.165) is 31.5 Å². The third kappa shape index (κ3) is 4.83. The zero-order chi connectivity index (χ0) is 15.2. The maximum absolute atomic E-state index is 11.7. The Kier molecular flexibility index (Phi) is 5.76. The van der Waals surface area contributed by atoms with Gasteiger partial charge in [-0.05, 0) is 37.4 Å². The van der Waals surface area contributed by atoms with E-state index >= 15 is 0 Å². The van der Waals surface area contributed by atoms with Gasteiger partial charge in [0, 0.05) is 27.1 Å². The topological polar surface area (TPSA) is 43.8 Å². The van der Waals surface area contributed by atoms with E-state index in [0.29, 0.717) is 18.9 Å². The highest BCUT2D eigenvalue weighted by molar-refractivity contribution is 5.75. The summed E-state index contributed by atoms with van der Waals surface area (Å²) in [6.45, 7) is 2.61. The fraction of sp³-hybridized carbons (Fsp3) is 0.588. The van der Waals surface area contributed by atoms with Crippen molar-refractivity contribution in [1.29, 1.82) is 0 Å². The van der Waals surface area contributed by atoms with E-state index in [2.05, 4.69) is 4.90 Å². The molecule has 0 aliphatic carbocycles. The van der Waals surface area contributed by atoms with Crippen molar-refractivity contribution in [2.24, 2.45) is 5.92 Å². The maximum Gasteiger partial charge on any atom is 0.222 e. The lowest BCUT2D eigenvalue weighted by atomic mass is 9.92. The summed E-state index contributed by atoms with van der Waals surface area (Å²) >= 11 is 0. The molecule has 1 aliphatic rings. The van der Waals surface area contributed by atoms with E-state index in [1.807, 2.05) is 44.4 Å². The number of amides is 1. The fourth-order valence-corrected chi connectivity index (χ4v) is 2.83. The van der Waals surface area contributed by atoms with Gasteiger partial charge in [-0.15, -0.1) is 0 Å². The van der Waals surface area contributed by atoms with Crippen molar-refractivity contribution in [3.8, 4) is 0 Å². The van der Waals surface area contributed by atoms with Crippen molar-refractivity contribution in [3.05, 3.63) is 35.9 Å². The van der Waals surface area contributed by atoms with Crippen LogP contribution in [0.3, 0.4) is 0 Å². The number of hydrogen-bond donors (Lipinski definition) is 1. The van der Waals surface area contributed by atoms with Crippen molar-refractivity contribution < 1.29 is 9.90 Å². The number of carbonyl (C=O) groups excluding carboxylic acids is 1. The van der Waals surface area contributed by atoms with Crippen LogP contribution in [0, 0.1) is 5.92 Å². The molecule has 1 amide bonds. The van der Waals surface area contributed by atoms with Crippen molar-refractivity contribution in [2.75, 3.05) is 33.7 Å². The lowest BCUT2D eigenvalue weighted by molar-refractivity contribution is -0.130. The van der Waals surface area contributed by atoms with Gasteiger partial charge in [-0.1, -0.05) is 30.3 Å². The molecule has 0 saturated carbocycles. The number of benzene rings is 1. The van der Waals surface area contributed by atoms with Gasteiger partial charge >= 0.3 is 0 Å². The Hall–Kier alpha value is -1.39. The maximum atomic E-state index is 11.7. The number of β-amino-alcohol motifs (C(OH)–C–C–N with tert-alkyl or cyclic N) is 1. The van der Waals surface area contributed by atoms with Crippen molar-refractivity contribution in [1.82, 2.24) is 9.80 Å². The second-order valence-corrected chi connectivity index (χ2v) is 6.16. The Morgan fingerprint density at radius 1 is 1.29 bits per heavy atom. The Balaban J connectivity index is 1.75. The first-order chi connectivity index (χ1) is 10.1. The monoisotopic (exact) mass is 290 g/mol. The Morgan fingerprint density at radius 2 is 1.90 bits per heavy atom. The van der Waals surface area contributed by atoms with Crippen LogP contribution in [0.1, 0.15) is 30.9 Å². The summed E-state index contributed by atoms with van der Waals surface area (Å²) < 4.78 is 0. The fourth-order valence-electron chi connectivity index (χ4n) is 2.83. The van der Waals surface area contributed by atoms with Crippen LogP contribution in [-0.4, -0.2) is 54.5 Å². The van der Waals surface area contributed by atoms with Gasteiger partial charge in [0.1, 0.15) is 0 Å². The SMILES string of the molecule is CN(C)C(=O)CC1CCN(CC(O)c2ccccc2)CC1. The van der Waals surface area contributed by atoms with Crippen LogP contribution in [-0.2, 0) is 4.79 Å². The zero-order valence-electron chi connectivity index (χ0n) is 13.0. The number of piperidine rings is 1. The summed E-state index contributed by atoms with van der Waals surface area (Å²) in [6.07, 6.45) is 2.32. The summed E-state index contributed by atoms with van der Waals surface area (Å²) in [5.74, 6) is 0.711. The number of hydrogen-bond acceptors (Lipinski definition) is 3. The van der Waals surface area contributed by atoms with E-state index in [1.54, 1.807) is 4.90 Å². The third-order valence-corrected chi connectivity index (χ3v) is 4.28. The Labute approximate surface area is 127 Å². The summed E-state index contributed by atoms with van der Waals surface area (Å²) in [5, 5.41) is 10.3. The lowest BCUT2D eigenvalue weighted by Gasteiger charge is -2.33. The molecule has 1 N–H and O–H groups in total. The molecule has 1 fully saturated rings. The van der Waals surface area contributed by atoms with Crippen molar-refractivity contribution in [3.63, 3.8) is 0 Å². The summed E-state index contributed by atoms with van der Waals surface area (Å²) in [6, 6.07) is 9.80. The van der Waals surface area contributed by atoms with E-state index in [9.17, 15) is 9.90 Å². The molecule has 1 atom stereocenters. The van der Waals surface area contributed by atoms with E-state index in [4.69, 9.17) is 0 Å². The van der Waals surface area contributed by atoms with Crippen LogP contribution in [0.2, 0.25) is 0 Å². The van der Waals surface area contributed by atoms with E-state index in [-0.39, 0.29) is 5.91 Å². The molecule has 21 heavy (non-hydrogen) atoms. The summed E-state index contributed by atoms with van der Waals surface area (Å²) in [4.78, 5) is 15.7. The van der Waals surface area contributed by atoms with Gasteiger partial charge in [0.05, 0.1) is 6.10 Å². The molecule has 4 nitrogen and oxygen atoms in total. The predicted octanol–water partition coefficient (Wildman–Crippen LogP) is 1.91. The van der Waals surface area contributed by atoms with E-state index < -0.39 is 6.10 Å². The first-order valence-corrected chi connectivity index (χ1v) is 7.71. The predicted molar refractivity (Wildman–Crippen MR) is 83.9 cm³/mol. The molecule has 0 radical (unpaired) electrons. The summed E-state index contributed by atoms with van der Waals surface area (Å²) in [7, 11) is 3.63. The molecule has 1 saturated heterocycles. The Bertz CT molecular complexity index is 439. The molecular weight excluding hydrogens is 264 g/mol. The number of aliphatic hydroxyl groups is 1. The molecule has 0 bridgehead atoms. The lowest BCUT2D eigenvalue weighted by Crippen LogP contribution is -2.38. The van der Waals surface area contributed by atoms with Crippen LogP contribution in [0.4, 0.5) is 0 Å². The number of nitrogens with zero attached hydrogens (tertiary/aromatic N) is 2. The molecule has 1 aromatic carbocycles. The Morgan fingerprint density at radius 3 is 2.48 bits per heavy atom. The standard InChI is InChI=1S/C17H26N2O2/c1-18(2)17(21)12-14-8-10-19(11-9-14)13-16(20)15-6-4-3-5-7-15/h3-7,14,16,20H,8-13H2,1-2H3.